The van der Waals surface area contributed by atoms with Crippen LogP contribution in [-0.2, 0) is 16.1 Å². The lowest BCUT2D eigenvalue weighted by Crippen LogP contribution is -2.33. The smallest absolute Gasteiger partial charge is 0.273 e. The number of Topliss-reactive ketones (excluding diaryl/α,β-unsaturated/α-hetero) is 1. The van der Waals surface area contributed by atoms with Gasteiger partial charge in [-0.3, -0.25) is 29.6 Å². The monoisotopic (exact) mass is 467 g/mol. The Labute approximate surface area is 193 Å². The van der Waals surface area contributed by atoms with Crippen LogP contribution in [0.5, 0.6) is 0 Å². The van der Waals surface area contributed by atoms with Crippen LogP contribution < -0.4 is 10.3 Å². The Bertz CT molecular complexity index is 1270. The number of anilines is 2. The van der Waals surface area contributed by atoms with Gasteiger partial charge in [-0.05, 0) is 38.2 Å². The van der Waals surface area contributed by atoms with E-state index >= 15 is 0 Å². The molecule has 32 heavy (non-hydrogen) atoms. The van der Waals surface area contributed by atoms with Gasteiger partial charge in [-0.15, -0.1) is 6.58 Å². The Balaban J connectivity index is 1.57. The fraction of sp³-hybridized carbons (Fsp3) is 0.238. The highest BCUT2D eigenvalue weighted by Gasteiger charge is 2.34. The summed E-state index contributed by atoms with van der Waals surface area (Å²) in [4.78, 5) is 30.3. The van der Waals surface area contributed by atoms with Crippen LogP contribution in [0, 0.1) is 11.7 Å². The lowest BCUT2D eigenvalue weighted by Gasteiger charge is -2.20. The first-order chi connectivity index (χ1) is 15.4. The summed E-state index contributed by atoms with van der Waals surface area (Å²) in [5.41, 5.74) is 1.75. The Hall–Kier alpha value is -3.44. The number of aromatic amines is 1. The molecule has 0 aliphatic carbocycles. The van der Waals surface area contributed by atoms with E-state index in [0.717, 1.165) is 10.6 Å². The molecule has 2 N–H and O–H groups in total. The van der Waals surface area contributed by atoms with E-state index in [2.05, 4.69) is 32.2 Å². The van der Waals surface area contributed by atoms with Crippen LogP contribution in [0.2, 0.25) is 0 Å². The zero-order chi connectivity index (χ0) is 22.8. The Morgan fingerprint density at radius 3 is 2.81 bits per heavy atom. The number of rotatable bonds is 7. The molecule has 3 aromatic rings. The van der Waals surface area contributed by atoms with Crippen LogP contribution in [0.15, 0.2) is 48.1 Å². The third kappa shape index (κ3) is 4.16. The number of hydrogen-bond donors (Lipinski definition) is 2. The molecule has 1 unspecified atom stereocenters. The largest absolute Gasteiger partial charge is 0.298 e. The molecule has 1 atom stereocenters. The van der Waals surface area contributed by atoms with Crippen molar-refractivity contribution in [1.82, 2.24) is 19.7 Å². The topological polar surface area (TPSA) is 108 Å². The predicted molar refractivity (Wildman–Crippen MR) is 128 cm³/mol. The predicted octanol–water partition coefficient (Wildman–Crippen LogP) is 3.72. The minimum atomic E-state index is -0.515. The summed E-state index contributed by atoms with van der Waals surface area (Å²) in [7, 11) is 0. The van der Waals surface area contributed by atoms with Gasteiger partial charge in [0.15, 0.2) is 21.5 Å². The summed E-state index contributed by atoms with van der Waals surface area (Å²) in [6.07, 6.45) is 1.96. The van der Waals surface area contributed by atoms with Crippen molar-refractivity contribution < 1.29 is 9.59 Å². The number of aromatic nitrogens is 4. The van der Waals surface area contributed by atoms with E-state index in [9.17, 15) is 9.59 Å². The fourth-order valence-electron chi connectivity index (χ4n) is 3.40. The van der Waals surface area contributed by atoms with Gasteiger partial charge < -0.3 is 0 Å². The third-order valence-corrected chi connectivity index (χ3v) is 6.33. The number of aryl methyl sites for hydroxylation is 1. The van der Waals surface area contributed by atoms with Gasteiger partial charge in [-0.1, -0.05) is 35.6 Å². The Morgan fingerprint density at radius 1 is 1.38 bits per heavy atom. The maximum absolute atomic E-state index is 12.9. The molecule has 0 saturated carbocycles. The molecule has 0 saturated heterocycles. The van der Waals surface area contributed by atoms with Crippen molar-refractivity contribution in [3.05, 3.63) is 53.5 Å². The van der Waals surface area contributed by atoms with E-state index in [4.69, 9.17) is 12.2 Å². The standard InChI is InChI=1S/C21H21N7O2S2/c1-4-10-27-18(24-25-21(27)31)17-12(2)22-20(32-17)23-19(30)15-11-16(13(3)29)28(26-15)14-8-6-5-7-9-14/h4-9,16H,1,10-11H2,2-3H3,(H,25,31)(H,22,23,30). The number of nitrogens with one attached hydrogen (secondary N) is 2. The van der Waals surface area contributed by atoms with Crippen molar-refractivity contribution in [3.8, 4) is 10.7 Å². The number of allylic oxidation sites excluding steroid dienone is 1. The van der Waals surface area contributed by atoms with Crippen molar-refractivity contribution in [2.24, 2.45) is 5.10 Å². The summed E-state index contributed by atoms with van der Waals surface area (Å²) < 4.78 is 2.29. The number of carbonyl (C=O) groups excluding carboxylic acids is 2. The normalized spacial score (nSPS) is 15.5. The molecule has 1 aliphatic rings. The van der Waals surface area contributed by atoms with Gasteiger partial charge >= 0.3 is 0 Å². The minimum Gasteiger partial charge on any atom is -0.298 e. The van der Waals surface area contributed by atoms with Crippen LogP contribution in [0.3, 0.4) is 0 Å². The molecule has 1 amide bonds. The van der Waals surface area contributed by atoms with E-state index in [1.165, 1.54) is 18.3 Å². The van der Waals surface area contributed by atoms with Gasteiger partial charge in [0.25, 0.3) is 5.91 Å². The second-order valence-electron chi connectivity index (χ2n) is 7.20. The Morgan fingerprint density at radius 2 is 2.12 bits per heavy atom. The SMILES string of the molecule is C=CCn1c(-c2sc(NC(=O)C3=NN(c4ccccc4)C(C(C)=O)C3)nc2C)n[nH]c1=S. The first kappa shape index (κ1) is 21.8. The number of nitrogens with zero attached hydrogens (tertiary/aromatic N) is 5. The van der Waals surface area contributed by atoms with Gasteiger partial charge in [-0.25, -0.2) is 4.98 Å². The van der Waals surface area contributed by atoms with E-state index in [-0.39, 0.29) is 23.8 Å². The maximum Gasteiger partial charge on any atom is 0.273 e. The molecule has 0 radical (unpaired) electrons. The minimum absolute atomic E-state index is 0.0576. The third-order valence-electron chi connectivity index (χ3n) is 4.95. The molecule has 164 valence electrons. The van der Waals surface area contributed by atoms with Crippen molar-refractivity contribution >= 4 is 51.8 Å². The zero-order valence-corrected chi connectivity index (χ0v) is 19.2. The second-order valence-corrected chi connectivity index (χ2v) is 8.58. The molecule has 2 aromatic heterocycles. The first-order valence-corrected chi connectivity index (χ1v) is 11.1. The van der Waals surface area contributed by atoms with Crippen LogP contribution in [0.25, 0.3) is 10.7 Å². The first-order valence-electron chi connectivity index (χ1n) is 9.86. The molecule has 11 heteroatoms. The molecule has 1 aliphatic heterocycles. The number of ketones is 1. The summed E-state index contributed by atoms with van der Waals surface area (Å²) in [6.45, 7) is 7.60. The van der Waals surface area contributed by atoms with Gasteiger partial charge in [-0.2, -0.15) is 10.2 Å². The number of hydrazone groups is 1. The molecule has 0 bridgehead atoms. The van der Waals surface area contributed by atoms with Crippen LogP contribution in [0.1, 0.15) is 19.0 Å². The van der Waals surface area contributed by atoms with Crippen LogP contribution >= 0.6 is 23.6 Å². The maximum atomic E-state index is 12.9. The van der Waals surface area contributed by atoms with Gasteiger partial charge in [0, 0.05) is 13.0 Å². The molecule has 3 heterocycles. The van der Waals surface area contributed by atoms with Crippen LogP contribution in [-0.4, -0.2) is 43.2 Å². The Kier molecular flexibility index (Phi) is 6.10. The molecular formula is C21H21N7O2S2. The average molecular weight is 468 g/mol. The highest BCUT2D eigenvalue weighted by Crippen LogP contribution is 2.32. The summed E-state index contributed by atoms with van der Waals surface area (Å²) in [6, 6.07) is 8.80. The van der Waals surface area contributed by atoms with E-state index in [1.54, 1.807) is 11.1 Å². The van der Waals surface area contributed by atoms with E-state index in [0.29, 0.717) is 28.0 Å². The number of carbonyl (C=O) groups is 2. The highest BCUT2D eigenvalue weighted by molar-refractivity contribution is 7.71. The molecule has 1 aromatic carbocycles. The quantitative estimate of drug-likeness (QED) is 0.405. The molecule has 0 fully saturated rings. The summed E-state index contributed by atoms with van der Waals surface area (Å²) in [5, 5.41) is 16.3. The van der Waals surface area contributed by atoms with Crippen molar-refractivity contribution in [3.63, 3.8) is 0 Å². The average Bonchev–Trinajstić information content (AvgIpc) is 3.47. The molecule has 9 nitrogen and oxygen atoms in total. The van der Waals surface area contributed by atoms with Gasteiger partial charge in [0.2, 0.25) is 0 Å². The summed E-state index contributed by atoms with van der Waals surface area (Å²) in [5.74, 6) is 0.188. The van der Waals surface area contributed by atoms with Crippen molar-refractivity contribution in [1.29, 1.82) is 0 Å². The van der Waals surface area contributed by atoms with Gasteiger partial charge in [0.1, 0.15) is 11.8 Å². The van der Waals surface area contributed by atoms with E-state index < -0.39 is 6.04 Å². The zero-order valence-electron chi connectivity index (χ0n) is 17.5. The lowest BCUT2D eigenvalue weighted by molar-refractivity contribution is -0.118. The van der Waals surface area contributed by atoms with Crippen molar-refractivity contribution in [2.45, 2.75) is 32.9 Å². The second kappa shape index (κ2) is 8.97. The number of amides is 1. The van der Waals surface area contributed by atoms with Crippen molar-refractivity contribution in [2.75, 3.05) is 10.3 Å². The van der Waals surface area contributed by atoms with E-state index in [1.807, 2.05) is 41.8 Å². The summed E-state index contributed by atoms with van der Waals surface area (Å²) >= 11 is 6.57. The lowest BCUT2D eigenvalue weighted by atomic mass is 10.1. The highest BCUT2D eigenvalue weighted by atomic mass is 32.1. The number of para-hydroxylation sites is 1. The fourth-order valence-corrected chi connectivity index (χ4v) is 4.57. The van der Waals surface area contributed by atoms with Gasteiger partial charge in [0.05, 0.1) is 16.3 Å². The molecular weight excluding hydrogens is 446 g/mol. The molecule has 0 spiro atoms. The number of thiazole rings is 1. The number of benzene rings is 1. The van der Waals surface area contributed by atoms with Crippen LogP contribution in [0.4, 0.5) is 10.8 Å². The number of hydrogen-bond acceptors (Lipinski definition) is 8. The molecule has 4 rings (SSSR count). The number of H-pyrrole nitrogens is 1.